The number of hydrogen-bond acceptors (Lipinski definition) is 5. The summed E-state index contributed by atoms with van der Waals surface area (Å²) in [6.45, 7) is 4.45. The molecule has 3 aromatic carbocycles. The molecule has 1 N–H and O–H groups in total. The number of sulfone groups is 1. The van der Waals surface area contributed by atoms with Gasteiger partial charge in [-0.05, 0) is 49.6 Å². The van der Waals surface area contributed by atoms with Crippen LogP contribution in [0.15, 0.2) is 71.6 Å². The molecule has 0 unspecified atom stereocenters. The van der Waals surface area contributed by atoms with E-state index in [0.29, 0.717) is 30.8 Å². The fourth-order valence-corrected chi connectivity index (χ4v) is 5.44. The van der Waals surface area contributed by atoms with Crippen LogP contribution in [0.25, 0.3) is 0 Å². The van der Waals surface area contributed by atoms with Crippen LogP contribution < -0.4 is 4.74 Å². The number of halogens is 4. The van der Waals surface area contributed by atoms with Crippen LogP contribution in [0.5, 0.6) is 5.75 Å². The van der Waals surface area contributed by atoms with Gasteiger partial charge < -0.3 is 9.84 Å². The lowest BCUT2D eigenvalue weighted by Crippen LogP contribution is -2.26. The fourth-order valence-electron chi connectivity index (χ4n) is 4.10. The zero-order chi connectivity index (χ0) is 28.1. The van der Waals surface area contributed by atoms with Crippen molar-refractivity contribution in [1.82, 2.24) is 4.90 Å². The first-order chi connectivity index (χ1) is 17.7. The van der Waals surface area contributed by atoms with Gasteiger partial charge in [0, 0.05) is 31.5 Å². The Morgan fingerprint density at radius 2 is 1.63 bits per heavy atom. The summed E-state index contributed by atoms with van der Waals surface area (Å²) >= 11 is 6.14. The molecule has 0 atom stereocenters. The Hall–Kier alpha value is -2.59. The minimum absolute atomic E-state index is 0.00704. The Bertz CT molecular complexity index is 1340. The van der Waals surface area contributed by atoms with E-state index < -0.39 is 27.2 Å². The van der Waals surface area contributed by atoms with Crippen molar-refractivity contribution < 1.29 is 31.4 Å². The van der Waals surface area contributed by atoms with Crippen LogP contribution in [0, 0.1) is 0 Å². The van der Waals surface area contributed by atoms with Crippen molar-refractivity contribution in [3.8, 4) is 5.75 Å². The van der Waals surface area contributed by atoms with Crippen molar-refractivity contribution in [3.63, 3.8) is 0 Å². The van der Waals surface area contributed by atoms with Crippen LogP contribution in [0.3, 0.4) is 0 Å². The van der Waals surface area contributed by atoms with Gasteiger partial charge in [0.25, 0.3) is 0 Å². The molecule has 0 radical (unpaired) electrons. The highest BCUT2D eigenvalue weighted by atomic mass is 35.5. The molecule has 0 aromatic heterocycles. The average Bonchev–Trinajstić information content (AvgIpc) is 2.81. The van der Waals surface area contributed by atoms with E-state index in [4.69, 9.17) is 16.3 Å². The Morgan fingerprint density at radius 1 is 0.947 bits per heavy atom. The minimum atomic E-state index is -4.54. The Balaban J connectivity index is 1.73. The summed E-state index contributed by atoms with van der Waals surface area (Å²) in [5, 5.41) is 10.0. The molecule has 0 spiro atoms. The summed E-state index contributed by atoms with van der Waals surface area (Å²) in [6.07, 6.45) is -2.95. The highest BCUT2D eigenvalue weighted by molar-refractivity contribution is 7.90. The SMILES string of the molecule is CC(C)(O)c1ccc(OCCCN(Cc2ccccc2)Cc2cccc(C(F)(F)F)c2Cl)cc1S(C)(=O)=O. The quantitative estimate of drug-likeness (QED) is 0.268. The molecular weight excluding hydrogens is 539 g/mol. The lowest BCUT2D eigenvalue weighted by atomic mass is 9.98. The molecule has 5 nitrogen and oxygen atoms in total. The van der Waals surface area contributed by atoms with E-state index in [2.05, 4.69) is 0 Å². The number of alkyl halides is 3. The largest absolute Gasteiger partial charge is 0.494 e. The van der Waals surface area contributed by atoms with Crippen molar-refractivity contribution in [2.24, 2.45) is 0 Å². The molecule has 3 aromatic rings. The first-order valence-corrected chi connectivity index (χ1v) is 14.2. The van der Waals surface area contributed by atoms with Crippen LogP contribution in [0.2, 0.25) is 5.02 Å². The first kappa shape index (κ1) is 30.0. The maximum Gasteiger partial charge on any atom is 0.417 e. The topological polar surface area (TPSA) is 66.8 Å². The lowest BCUT2D eigenvalue weighted by Gasteiger charge is -2.24. The number of hydrogen-bond donors (Lipinski definition) is 1. The number of nitrogens with zero attached hydrogens (tertiary/aromatic N) is 1. The molecular formula is C28H31ClF3NO4S. The Morgan fingerprint density at radius 3 is 2.24 bits per heavy atom. The maximum atomic E-state index is 13.3. The second-order valence-corrected chi connectivity index (χ2v) is 12.0. The zero-order valence-corrected chi connectivity index (χ0v) is 23.0. The summed E-state index contributed by atoms with van der Waals surface area (Å²) in [7, 11) is -3.61. The van der Waals surface area contributed by atoms with Crippen molar-refractivity contribution in [2.75, 3.05) is 19.4 Å². The maximum absolute atomic E-state index is 13.3. The van der Waals surface area contributed by atoms with Gasteiger partial charge >= 0.3 is 6.18 Å². The van der Waals surface area contributed by atoms with Crippen molar-refractivity contribution in [3.05, 3.63) is 94.0 Å². The van der Waals surface area contributed by atoms with E-state index in [0.717, 1.165) is 17.9 Å². The second-order valence-electron chi connectivity index (χ2n) is 9.66. The van der Waals surface area contributed by atoms with E-state index in [1.54, 1.807) is 12.1 Å². The normalized spacial score (nSPS) is 12.7. The minimum Gasteiger partial charge on any atom is -0.494 e. The first-order valence-electron chi connectivity index (χ1n) is 12.0. The highest BCUT2D eigenvalue weighted by Crippen LogP contribution is 2.36. The van der Waals surface area contributed by atoms with Crippen LogP contribution >= 0.6 is 11.6 Å². The van der Waals surface area contributed by atoms with Gasteiger partial charge in [-0.1, -0.05) is 60.1 Å². The molecule has 206 valence electrons. The molecule has 0 bridgehead atoms. The molecule has 0 heterocycles. The summed E-state index contributed by atoms with van der Waals surface area (Å²) in [6, 6.07) is 18.0. The van der Waals surface area contributed by atoms with Crippen molar-refractivity contribution in [2.45, 2.75) is 50.0 Å². The third kappa shape index (κ3) is 8.20. The van der Waals surface area contributed by atoms with E-state index in [1.165, 1.54) is 32.0 Å². The predicted molar refractivity (Wildman–Crippen MR) is 142 cm³/mol. The van der Waals surface area contributed by atoms with Gasteiger partial charge in [-0.3, -0.25) is 4.90 Å². The van der Waals surface area contributed by atoms with E-state index in [1.807, 2.05) is 35.2 Å². The van der Waals surface area contributed by atoms with Gasteiger partial charge in [0.05, 0.1) is 27.7 Å². The van der Waals surface area contributed by atoms with Gasteiger partial charge in [-0.15, -0.1) is 0 Å². The molecule has 0 fully saturated rings. The third-order valence-corrected chi connectivity index (χ3v) is 7.51. The Kier molecular flexibility index (Phi) is 9.52. The summed E-state index contributed by atoms with van der Waals surface area (Å²) < 4.78 is 70.4. The van der Waals surface area contributed by atoms with Gasteiger partial charge in [0.15, 0.2) is 9.84 Å². The molecule has 3 rings (SSSR count). The molecule has 0 saturated heterocycles. The summed E-state index contributed by atoms with van der Waals surface area (Å²) in [5.74, 6) is 0.342. The number of rotatable bonds is 11. The standard InChI is InChI=1S/C28H31ClF3NO4S/c1-27(2,34)23-14-13-22(17-25(23)38(3,35)36)37-16-8-15-33(18-20-9-5-4-6-10-20)19-21-11-7-12-24(26(21)29)28(30,31)32/h4-7,9-14,17,34H,8,15-16,18-19H2,1-3H3. The highest BCUT2D eigenvalue weighted by Gasteiger charge is 2.34. The number of ether oxygens (including phenoxy) is 1. The monoisotopic (exact) mass is 569 g/mol. The molecule has 0 amide bonds. The van der Waals surface area contributed by atoms with Crippen LogP contribution in [0.1, 0.15) is 42.5 Å². The molecule has 0 saturated carbocycles. The number of aliphatic hydroxyl groups is 1. The predicted octanol–water partition coefficient (Wildman–Crippen LogP) is 6.46. The van der Waals surface area contributed by atoms with E-state index in [-0.39, 0.29) is 28.6 Å². The molecule has 0 aliphatic carbocycles. The van der Waals surface area contributed by atoms with E-state index >= 15 is 0 Å². The molecule has 0 aliphatic rings. The molecule has 0 aliphatic heterocycles. The summed E-state index contributed by atoms with van der Waals surface area (Å²) in [4.78, 5) is 1.98. The van der Waals surface area contributed by atoms with Gasteiger partial charge in [0.2, 0.25) is 0 Å². The van der Waals surface area contributed by atoms with Crippen molar-refractivity contribution in [1.29, 1.82) is 0 Å². The van der Waals surface area contributed by atoms with Gasteiger partial charge in [0.1, 0.15) is 5.75 Å². The smallest absolute Gasteiger partial charge is 0.417 e. The fraction of sp³-hybridized carbons (Fsp3) is 0.357. The van der Waals surface area contributed by atoms with Crippen LogP contribution in [-0.2, 0) is 34.7 Å². The Labute approximate surface area is 226 Å². The molecule has 10 heteroatoms. The lowest BCUT2D eigenvalue weighted by molar-refractivity contribution is -0.137. The zero-order valence-electron chi connectivity index (χ0n) is 21.4. The third-order valence-electron chi connectivity index (χ3n) is 5.93. The van der Waals surface area contributed by atoms with Crippen molar-refractivity contribution >= 4 is 21.4 Å². The van der Waals surface area contributed by atoms with Crippen LogP contribution in [-0.4, -0.2) is 37.8 Å². The van der Waals surface area contributed by atoms with Gasteiger partial charge in [-0.2, -0.15) is 13.2 Å². The second kappa shape index (κ2) is 12.1. The average molecular weight is 570 g/mol. The number of benzene rings is 3. The van der Waals surface area contributed by atoms with E-state index in [9.17, 15) is 26.7 Å². The summed E-state index contributed by atoms with van der Waals surface area (Å²) in [5.41, 5.74) is -0.565. The van der Waals surface area contributed by atoms with Crippen LogP contribution in [0.4, 0.5) is 13.2 Å². The van der Waals surface area contributed by atoms with Gasteiger partial charge in [-0.25, -0.2) is 8.42 Å². The molecule has 38 heavy (non-hydrogen) atoms.